The molecule has 0 fully saturated rings. The third kappa shape index (κ3) is 5.72. The van der Waals surface area contributed by atoms with E-state index in [2.05, 4.69) is 50.1 Å². The number of ether oxygens (including phenoxy) is 2. The Kier molecular flexibility index (Phi) is 8.52. The fraction of sp³-hybridized carbons (Fsp3) is 0.143. The van der Waals surface area contributed by atoms with Gasteiger partial charge in [-0.15, -0.1) is 0 Å². The Morgan fingerprint density at radius 2 is 1.76 bits per heavy atom. The first kappa shape index (κ1) is 30.5. The molecule has 1 aromatic heterocycles. The highest BCUT2D eigenvalue weighted by molar-refractivity contribution is 9.11. The molecule has 0 N–H and O–H groups in total. The molecule has 10 heteroatoms. The lowest BCUT2D eigenvalue weighted by atomic mass is 9.83. The molecule has 0 saturated heterocycles. The van der Waals surface area contributed by atoms with Crippen molar-refractivity contribution < 1.29 is 9.47 Å². The summed E-state index contributed by atoms with van der Waals surface area (Å²) in [7, 11) is 1.67. The lowest BCUT2D eigenvalue weighted by molar-refractivity contribution is 0.302. The first-order valence-electron chi connectivity index (χ1n) is 14.1. The summed E-state index contributed by atoms with van der Waals surface area (Å²) in [5, 5.41) is 1.11. The van der Waals surface area contributed by atoms with Crippen LogP contribution in [0.4, 0.5) is 0 Å². The number of fused-ring (bicyclic) bond motifs is 3. The van der Waals surface area contributed by atoms with Gasteiger partial charge < -0.3 is 9.47 Å². The van der Waals surface area contributed by atoms with Gasteiger partial charge in [-0.05, 0) is 97.8 Å². The van der Waals surface area contributed by atoms with E-state index < -0.39 is 0 Å². The van der Waals surface area contributed by atoms with Gasteiger partial charge in [0.2, 0.25) is 0 Å². The van der Waals surface area contributed by atoms with Crippen LogP contribution in [0.2, 0.25) is 10.0 Å². The maximum atomic E-state index is 14.2. The largest absolute Gasteiger partial charge is 0.496 e. The average molecular weight is 783 g/mol. The van der Waals surface area contributed by atoms with Crippen molar-refractivity contribution in [3.05, 3.63) is 151 Å². The molecule has 0 radical (unpaired) electrons. The Morgan fingerprint density at radius 1 is 1.00 bits per heavy atom. The number of hydrogen-bond acceptors (Lipinski definition) is 5. The highest BCUT2D eigenvalue weighted by Crippen LogP contribution is 2.43. The van der Waals surface area contributed by atoms with Gasteiger partial charge in [-0.25, -0.2) is 4.99 Å². The molecule has 0 bridgehead atoms. The van der Waals surface area contributed by atoms with Crippen molar-refractivity contribution in [3.8, 4) is 11.5 Å². The number of benzene rings is 4. The first-order valence-corrected chi connectivity index (χ1v) is 17.3. The molecule has 5 nitrogen and oxygen atoms in total. The lowest BCUT2D eigenvalue weighted by Crippen LogP contribution is -2.39. The Balaban J connectivity index is 1.32. The van der Waals surface area contributed by atoms with Crippen LogP contribution in [-0.4, -0.2) is 11.7 Å². The molecule has 45 heavy (non-hydrogen) atoms. The summed E-state index contributed by atoms with van der Waals surface area (Å²) >= 11 is 21.1. The number of aryl methyl sites for hydroxylation is 1. The molecule has 2 aliphatic rings. The summed E-state index contributed by atoms with van der Waals surface area (Å²) in [6.45, 7) is 0.266. The van der Waals surface area contributed by atoms with E-state index in [0.717, 1.165) is 61.1 Å². The van der Waals surface area contributed by atoms with Crippen molar-refractivity contribution >= 4 is 78.2 Å². The molecule has 1 atom stereocenters. The van der Waals surface area contributed by atoms with E-state index in [9.17, 15) is 4.79 Å². The third-order valence-corrected chi connectivity index (χ3v) is 10.8. The third-order valence-electron chi connectivity index (χ3n) is 8.01. The standard InChI is InChI=1S/C35H24Br2Cl2N2O3S/c1-43-29-9-5-4-8-24(29)32-25-13-11-20-6-2-3-7-23(20)31(25)40-35-41(32)34(42)30(45-35)16-19-14-26(36)33(27(37)15-19)44-18-21-10-12-22(38)17-28(21)39/h2-10,12,14-17,32H,11,13,18H2,1H3/b30-16-/t32-/m0/s1. The molecule has 2 heterocycles. The molecule has 226 valence electrons. The molecule has 0 spiro atoms. The summed E-state index contributed by atoms with van der Waals surface area (Å²) in [5.41, 5.74) is 6.98. The van der Waals surface area contributed by atoms with Crippen molar-refractivity contribution in [1.29, 1.82) is 0 Å². The number of nitrogens with zero attached hydrogens (tertiary/aromatic N) is 2. The number of halogens is 4. The summed E-state index contributed by atoms with van der Waals surface area (Å²) in [5.74, 6) is 1.37. The number of para-hydroxylation sites is 1. The second-order valence-corrected chi connectivity index (χ2v) is 14.3. The predicted octanol–water partition coefficient (Wildman–Crippen LogP) is 8.74. The quantitative estimate of drug-likeness (QED) is 0.173. The van der Waals surface area contributed by atoms with Gasteiger partial charge in [-0.2, -0.15) is 0 Å². The van der Waals surface area contributed by atoms with Crippen LogP contribution in [0.5, 0.6) is 11.5 Å². The maximum absolute atomic E-state index is 14.2. The minimum absolute atomic E-state index is 0.0926. The highest BCUT2D eigenvalue weighted by atomic mass is 79.9. The van der Waals surface area contributed by atoms with Crippen LogP contribution in [0.1, 0.15) is 40.3 Å². The van der Waals surface area contributed by atoms with Crippen molar-refractivity contribution in [2.75, 3.05) is 7.11 Å². The Hall–Kier alpha value is -3.14. The van der Waals surface area contributed by atoms with Gasteiger partial charge >= 0.3 is 0 Å². The topological polar surface area (TPSA) is 52.8 Å². The van der Waals surface area contributed by atoms with Crippen molar-refractivity contribution in [1.82, 2.24) is 4.57 Å². The van der Waals surface area contributed by atoms with E-state index in [4.69, 9.17) is 37.7 Å². The normalized spacial score (nSPS) is 15.7. The fourth-order valence-corrected chi connectivity index (χ4v) is 8.85. The SMILES string of the molecule is COc1ccccc1[C@H]1C2=C(N=c3s/c(=C\c4cc(Br)c(OCc5ccc(Cl)cc5Cl)c(Br)c4)c(=O)n31)c1ccccc1CC2. The van der Waals surface area contributed by atoms with Gasteiger partial charge in [0.05, 0.1) is 32.3 Å². The number of aromatic nitrogens is 1. The number of thiazole rings is 1. The molecule has 0 amide bonds. The molecule has 7 rings (SSSR count). The smallest absolute Gasteiger partial charge is 0.271 e. The van der Waals surface area contributed by atoms with Crippen LogP contribution < -0.4 is 24.4 Å². The Bertz CT molecular complexity index is 2190. The van der Waals surface area contributed by atoms with Gasteiger partial charge in [-0.3, -0.25) is 9.36 Å². The molecule has 4 aromatic carbocycles. The lowest BCUT2D eigenvalue weighted by Gasteiger charge is -2.31. The minimum atomic E-state index is -0.322. The fourth-order valence-electron chi connectivity index (χ4n) is 5.93. The number of methoxy groups -OCH3 is 1. The van der Waals surface area contributed by atoms with Crippen LogP contribution in [0.25, 0.3) is 11.8 Å². The summed E-state index contributed by atoms with van der Waals surface area (Å²) in [4.78, 5) is 20.0. The Morgan fingerprint density at radius 3 is 2.53 bits per heavy atom. The minimum Gasteiger partial charge on any atom is -0.496 e. The van der Waals surface area contributed by atoms with Crippen LogP contribution in [0.15, 0.2) is 103 Å². The highest BCUT2D eigenvalue weighted by Gasteiger charge is 2.34. The van der Waals surface area contributed by atoms with Crippen LogP contribution >= 0.6 is 66.4 Å². The van der Waals surface area contributed by atoms with E-state index in [0.29, 0.717) is 25.1 Å². The van der Waals surface area contributed by atoms with Crippen LogP contribution in [0.3, 0.4) is 0 Å². The number of rotatable bonds is 6. The van der Waals surface area contributed by atoms with Gasteiger partial charge in [0.25, 0.3) is 5.56 Å². The van der Waals surface area contributed by atoms with E-state index in [-0.39, 0.29) is 18.2 Å². The van der Waals surface area contributed by atoms with Gasteiger partial charge in [0, 0.05) is 26.7 Å². The monoisotopic (exact) mass is 780 g/mol. The molecule has 0 unspecified atom stereocenters. The van der Waals surface area contributed by atoms with E-state index >= 15 is 0 Å². The van der Waals surface area contributed by atoms with Crippen molar-refractivity contribution in [2.24, 2.45) is 4.99 Å². The summed E-state index contributed by atoms with van der Waals surface area (Å²) in [6, 6.07) is 25.2. The van der Waals surface area contributed by atoms with Gasteiger partial charge in [-0.1, -0.05) is 83.1 Å². The van der Waals surface area contributed by atoms with E-state index in [1.807, 2.05) is 59.2 Å². The predicted molar refractivity (Wildman–Crippen MR) is 188 cm³/mol. The molecule has 1 aliphatic carbocycles. The average Bonchev–Trinajstić information content (AvgIpc) is 3.34. The first-order chi connectivity index (χ1) is 21.8. The molecule has 5 aromatic rings. The maximum Gasteiger partial charge on any atom is 0.271 e. The number of allylic oxidation sites excluding steroid dienone is 1. The van der Waals surface area contributed by atoms with Crippen LogP contribution in [0, 0.1) is 0 Å². The Labute approximate surface area is 290 Å². The summed E-state index contributed by atoms with van der Waals surface area (Å²) in [6.07, 6.45) is 3.60. The molecule has 0 saturated carbocycles. The zero-order valence-corrected chi connectivity index (χ0v) is 29.3. The van der Waals surface area contributed by atoms with Gasteiger partial charge in [0.1, 0.15) is 18.1 Å². The van der Waals surface area contributed by atoms with Gasteiger partial charge in [0.15, 0.2) is 4.80 Å². The van der Waals surface area contributed by atoms with Crippen molar-refractivity contribution in [3.63, 3.8) is 0 Å². The molecular formula is C35H24Br2Cl2N2O3S. The zero-order valence-electron chi connectivity index (χ0n) is 23.8. The van der Waals surface area contributed by atoms with E-state index in [1.165, 1.54) is 16.9 Å². The number of hydrogen-bond donors (Lipinski definition) is 0. The summed E-state index contributed by atoms with van der Waals surface area (Å²) < 4.78 is 15.8. The zero-order chi connectivity index (χ0) is 31.2. The molecule has 1 aliphatic heterocycles. The second kappa shape index (κ2) is 12.6. The second-order valence-electron chi connectivity index (χ2n) is 10.7. The van der Waals surface area contributed by atoms with E-state index in [1.54, 1.807) is 19.2 Å². The van der Waals surface area contributed by atoms with Crippen molar-refractivity contribution in [2.45, 2.75) is 25.5 Å². The van der Waals surface area contributed by atoms with Crippen LogP contribution in [-0.2, 0) is 13.0 Å². The molecular weight excluding hydrogens is 759 g/mol.